The van der Waals surface area contributed by atoms with Crippen molar-refractivity contribution in [3.05, 3.63) is 29.3 Å². The van der Waals surface area contributed by atoms with Crippen molar-refractivity contribution in [1.29, 1.82) is 0 Å². The number of carbonyl (C=O) groups is 1. The van der Waals surface area contributed by atoms with Crippen LogP contribution >= 0.6 is 11.6 Å². The summed E-state index contributed by atoms with van der Waals surface area (Å²) >= 11 is 5.90. The maximum absolute atomic E-state index is 13.2. The van der Waals surface area contributed by atoms with Crippen molar-refractivity contribution in [2.45, 2.75) is 49.1 Å². The molecule has 0 bridgehead atoms. The number of rotatable bonds is 4. The fraction of sp³-hybridized carbons (Fsp3) is 0.650. The van der Waals surface area contributed by atoms with E-state index in [1.165, 1.54) is 12.1 Å². The molecule has 3 aliphatic rings. The van der Waals surface area contributed by atoms with Gasteiger partial charge < -0.3 is 4.74 Å². The van der Waals surface area contributed by atoms with Gasteiger partial charge >= 0.3 is 0 Å². The summed E-state index contributed by atoms with van der Waals surface area (Å²) in [5, 5.41) is 0.502. The summed E-state index contributed by atoms with van der Waals surface area (Å²) in [7, 11) is -3.66. The summed E-state index contributed by atoms with van der Waals surface area (Å²) in [6, 6.07) is 5.77. The van der Waals surface area contributed by atoms with Gasteiger partial charge in [0.05, 0.1) is 24.2 Å². The number of nitrogens with zero attached hydrogens (tertiary/aromatic N) is 1. The minimum atomic E-state index is -3.66. The SMILES string of the molecule is O=C1C2CCCCC2C(NS(=O)(=O)c2ccc(Cl)cc2)CC1N1CCOCC1. The molecule has 1 saturated heterocycles. The Labute approximate surface area is 171 Å². The number of ketones is 1. The van der Waals surface area contributed by atoms with Gasteiger partial charge in [-0.05, 0) is 49.4 Å². The average molecular weight is 427 g/mol. The first-order valence-electron chi connectivity index (χ1n) is 10.1. The zero-order chi connectivity index (χ0) is 19.7. The molecule has 154 valence electrons. The van der Waals surface area contributed by atoms with E-state index in [1.807, 2.05) is 0 Å². The lowest BCUT2D eigenvalue weighted by Gasteiger charge is -2.47. The Morgan fingerprint density at radius 2 is 1.75 bits per heavy atom. The lowest BCUT2D eigenvalue weighted by Crippen LogP contribution is -2.60. The average Bonchev–Trinajstić information content (AvgIpc) is 2.71. The summed E-state index contributed by atoms with van der Waals surface area (Å²) in [6.45, 7) is 2.70. The van der Waals surface area contributed by atoms with Gasteiger partial charge in [0.25, 0.3) is 0 Å². The van der Waals surface area contributed by atoms with E-state index in [0.29, 0.717) is 30.4 Å². The molecule has 1 aliphatic heterocycles. The van der Waals surface area contributed by atoms with Crippen molar-refractivity contribution in [2.75, 3.05) is 26.3 Å². The molecule has 8 heteroatoms. The fourth-order valence-electron chi connectivity index (χ4n) is 5.01. The Morgan fingerprint density at radius 1 is 1.07 bits per heavy atom. The van der Waals surface area contributed by atoms with Crippen LogP contribution in [0.3, 0.4) is 0 Å². The van der Waals surface area contributed by atoms with Crippen LogP contribution in [0.2, 0.25) is 5.02 Å². The topological polar surface area (TPSA) is 75.7 Å². The van der Waals surface area contributed by atoms with E-state index < -0.39 is 10.0 Å². The normalized spacial score (nSPS) is 32.1. The number of carbonyl (C=O) groups excluding carboxylic acids is 1. The molecular weight excluding hydrogens is 400 g/mol. The molecule has 2 saturated carbocycles. The summed E-state index contributed by atoms with van der Waals surface area (Å²) in [6.07, 6.45) is 4.39. The highest BCUT2D eigenvalue weighted by Crippen LogP contribution is 2.40. The molecule has 1 heterocycles. The van der Waals surface area contributed by atoms with Crippen LogP contribution in [-0.4, -0.2) is 57.5 Å². The van der Waals surface area contributed by atoms with Gasteiger partial charge in [-0.1, -0.05) is 24.4 Å². The van der Waals surface area contributed by atoms with E-state index in [0.717, 1.165) is 38.8 Å². The number of fused-ring (bicyclic) bond motifs is 1. The summed E-state index contributed by atoms with van der Waals surface area (Å²) in [5.74, 6) is 0.336. The van der Waals surface area contributed by atoms with Crippen LogP contribution in [0.25, 0.3) is 0 Å². The summed E-state index contributed by atoms with van der Waals surface area (Å²) in [5.41, 5.74) is 0. The highest BCUT2D eigenvalue weighted by atomic mass is 35.5. The number of hydrogen-bond acceptors (Lipinski definition) is 5. The highest BCUT2D eigenvalue weighted by Gasteiger charge is 2.47. The van der Waals surface area contributed by atoms with E-state index in [2.05, 4.69) is 9.62 Å². The molecule has 1 aromatic rings. The molecule has 1 N–H and O–H groups in total. The van der Waals surface area contributed by atoms with Gasteiger partial charge in [-0.25, -0.2) is 13.1 Å². The first-order valence-corrected chi connectivity index (χ1v) is 12.0. The van der Waals surface area contributed by atoms with E-state index >= 15 is 0 Å². The Kier molecular flexibility index (Phi) is 6.09. The monoisotopic (exact) mass is 426 g/mol. The van der Waals surface area contributed by atoms with E-state index in [1.54, 1.807) is 12.1 Å². The van der Waals surface area contributed by atoms with Crippen LogP contribution in [0.4, 0.5) is 0 Å². The lowest BCUT2D eigenvalue weighted by atomic mass is 9.66. The van der Waals surface area contributed by atoms with Crippen molar-refractivity contribution in [3.8, 4) is 0 Å². The van der Waals surface area contributed by atoms with E-state index in [9.17, 15) is 13.2 Å². The predicted octanol–water partition coefficient (Wildman–Crippen LogP) is 2.47. The quantitative estimate of drug-likeness (QED) is 0.800. The van der Waals surface area contributed by atoms with E-state index in [-0.39, 0.29) is 28.8 Å². The smallest absolute Gasteiger partial charge is 0.240 e. The van der Waals surface area contributed by atoms with Gasteiger partial charge in [0.1, 0.15) is 0 Å². The molecule has 0 aromatic heterocycles. The van der Waals surface area contributed by atoms with E-state index in [4.69, 9.17) is 16.3 Å². The molecule has 4 rings (SSSR count). The van der Waals surface area contributed by atoms with Crippen molar-refractivity contribution in [2.24, 2.45) is 11.8 Å². The molecule has 0 spiro atoms. The third-order valence-electron chi connectivity index (χ3n) is 6.42. The van der Waals surface area contributed by atoms with Crippen molar-refractivity contribution >= 4 is 27.4 Å². The Morgan fingerprint density at radius 3 is 2.46 bits per heavy atom. The molecule has 0 amide bonds. The molecule has 0 radical (unpaired) electrons. The first kappa shape index (κ1) is 20.3. The maximum atomic E-state index is 13.2. The van der Waals surface area contributed by atoms with Gasteiger partial charge in [-0.15, -0.1) is 0 Å². The lowest BCUT2D eigenvalue weighted by molar-refractivity contribution is -0.138. The second-order valence-corrected chi connectivity index (χ2v) is 10.2. The molecule has 1 aromatic carbocycles. The Balaban J connectivity index is 1.58. The summed E-state index contributed by atoms with van der Waals surface area (Å²) in [4.78, 5) is 15.6. The van der Waals surface area contributed by atoms with Crippen molar-refractivity contribution < 1.29 is 17.9 Å². The minimum absolute atomic E-state index is 0.0479. The largest absolute Gasteiger partial charge is 0.379 e. The van der Waals surface area contributed by atoms with Gasteiger partial charge in [0, 0.05) is 30.1 Å². The molecule has 6 nitrogen and oxygen atoms in total. The number of benzene rings is 1. The maximum Gasteiger partial charge on any atom is 0.240 e. The molecule has 2 aliphatic carbocycles. The van der Waals surface area contributed by atoms with Crippen LogP contribution in [0.15, 0.2) is 29.2 Å². The number of nitrogens with one attached hydrogen (secondary N) is 1. The third kappa shape index (κ3) is 4.14. The van der Waals surface area contributed by atoms with Gasteiger partial charge in [-0.3, -0.25) is 9.69 Å². The third-order valence-corrected chi connectivity index (χ3v) is 8.18. The second kappa shape index (κ2) is 8.40. The summed E-state index contributed by atoms with van der Waals surface area (Å²) < 4.78 is 34.3. The zero-order valence-corrected chi connectivity index (χ0v) is 17.4. The van der Waals surface area contributed by atoms with Gasteiger partial charge in [0.2, 0.25) is 10.0 Å². The standard InChI is InChI=1S/C20H27ClN2O4S/c21-14-5-7-15(8-6-14)28(25,26)22-18-13-19(23-9-11-27-12-10-23)20(24)17-4-2-1-3-16(17)18/h5-8,16-19,22H,1-4,9-13H2. The van der Waals surface area contributed by atoms with Crippen molar-refractivity contribution in [3.63, 3.8) is 0 Å². The van der Waals surface area contributed by atoms with Crippen LogP contribution in [0.5, 0.6) is 0 Å². The zero-order valence-electron chi connectivity index (χ0n) is 15.8. The predicted molar refractivity (Wildman–Crippen MR) is 107 cm³/mol. The molecular formula is C20H27ClN2O4S. The number of halogens is 1. The van der Waals surface area contributed by atoms with Gasteiger partial charge in [0.15, 0.2) is 5.78 Å². The Hall–Kier alpha value is -0.990. The molecule has 4 unspecified atom stereocenters. The van der Waals surface area contributed by atoms with Crippen LogP contribution in [0.1, 0.15) is 32.1 Å². The van der Waals surface area contributed by atoms with Crippen LogP contribution < -0.4 is 4.72 Å². The first-order chi connectivity index (χ1) is 13.5. The highest BCUT2D eigenvalue weighted by molar-refractivity contribution is 7.89. The number of Topliss-reactive ketones (excluding diaryl/α,β-unsaturated/α-hetero) is 1. The molecule has 28 heavy (non-hydrogen) atoms. The number of hydrogen-bond donors (Lipinski definition) is 1. The number of ether oxygens (including phenoxy) is 1. The fourth-order valence-corrected chi connectivity index (χ4v) is 6.43. The molecule has 4 atom stereocenters. The van der Waals surface area contributed by atoms with Crippen molar-refractivity contribution in [1.82, 2.24) is 9.62 Å². The van der Waals surface area contributed by atoms with Crippen LogP contribution in [0, 0.1) is 11.8 Å². The molecule has 3 fully saturated rings. The van der Waals surface area contributed by atoms with Crippen LogP contribution in [-0.2, 0) is 19.6 Å². The minimum Gasteiger partial charge on any atom is -0.379 e. The second-order valence-electron chi connectivity index (χ2n) is 8.04. The Bertz CT molecular complexity index is 808. The number of sulfonamides is 1. The van der Waals surface area contributed by atoms with Gasteiger partial charge in [-0.2, -0.15) is 0 Å². The number of morpholine rings is 1.